The predicted molar refractivity (Wildman–Crippen MR) is 87.1 cm³/mol. The summed E-state index contributed by atoms with van der Waals surface area (Å²) in [6.07, 6.45) is -6.85. The number of hydrogen-bond acceptors (Lipinski definition) is 6. The van der Waals surface area contributed by atoms with Crippen LogP contribution in [0.5, 0.6) is 5.75 Å². The van der Waals surface area contributed by atoms with E-state index in [0.29, 0.717) is 25.3 Å². The Hall–Kier alpha value is -2.53. The van der Waals surface area contributed by atoms with E-state index >= 15 is 0 Å². The Balaban J connectivity index is 1.94. The van der Waals surface area contributed by atoms with Crippen molar-refractivity contribution in [2.45, 2.75) is 31.9 Å². The quantitative estimate of drug-likeness (QED) is 0.509. The number of carbonyl (C=O) groups excluding carboxylic acids is 2. The molecule has 1 aromatic rings. The second-order valence-electron chi connectivity index (χ2n) is 6.12. The van der Waals surface area contributed by atoms with E-state index in [1.807, 2.05) is 4.90 Å². The molecule has 1 saturated heterocycles. The first kappa shape index (κ1) is 20.8. The van der Waals surface area contributed by atoms with Gasteiger partial charge in [-0.15, -0.1) is 13.2 Å². The summed E-state index contributed by atoms with van der Waals surface area (Å²) in [5, 5.41) is 18.0. The molecule has 0 aromatic heterocycles. The second kappa shape index (κ2) is 8.44. The standard InChI is InChI=1S/C16H20F3N3O5/c1-10-9-21(11-2-4-12(5-3-11)27-16(17,18)19)6-7-22(10)14(24)8-13(23)15(25)20-26/h2-5,10,13,23,26H,6-9H2,1H3,(H,20,25)/t10-,13?/m1/s1. The molecule has 0 radical (unpaired) electrons. The maximum absolute atomic E-state index is 12.2. The molecule has 8 nitrogen and oxygen atoms in total. The molecule has 0 aliphatic carbocycles. The Morgan fingerprint density at radius 3 is 2.44 bits per heavy atom. The SMILES string of the molecule is C[C@@H]1CN(c2ccc(OC(F)(F)F)cc2)CCN1C(=O)CC(O)C(=O)NO. The van der Waals surface area contributed by atoms with Crippen LogP contribution in [0.2, 0.25) is 0 Å². The molecular weight excluding hydrogens is 371 g/mol. The minimum atomic E-state index is -4.75. The lowest BCUT2D eigenvalue weighted by Crippen LogP contribution is -2.55. The van der Waals surface area contributed by atoms with Gasteiger partial charge in [0.15, 0.2) is 0 Å². The molecule has 27 heavy (non-hydrogen) atoms. The van der Waals surface area contributed by atoms with E-state index in [-0.39, 0.29) is 11.8 Å². The lowest BCUT2D eigenvalue weighted by Gasteiger charge is -2.41. The summed E-state index contributed by atoms with van der Waals surface area (Å²) in [4.78, 5) is 26.7. The van der Waals surface area contributed by atoms with Gasteiger partial charge < -0.3 is 19.6 Å². The number of benzene rings is 1. The molecule has 2 atom stereocenters. The van der Waals surface area contributed by atoms with Crippen LogP contribution in [0, 0.1) is 0 Å². The van der Waals surface area contributed by atoms with Gasteiger partial charge in [-0.1, -0.05) is 0 Å². The highest BCUT2D eigenvalue weighted by Gasteiger charge is 2.32. The van der Waals surface area contributed by atoms with Gasteiger partial charge in [-0.3, -0.25) is 14.8 Å². The minimum absolute atomic E-state index is 0.248. The number of alkyl halides is 3. The molecule has 1 unspecified atom stereocenters. The van der Waals surface area contributed by atoms with E-state index < -0.39 is 30.7 Å². The van der Waals surface area contributed by atoms with Crippen LogP contribution >= 0.6 is 0 Å². The number of ether oxygens (including phenoxy) is 1. The third-order valence-electron chi connectivity index (χ3n) is 4.16. The zero-order valence-electron chi connectivity index (χ0n) is 14.4. The number of nitrogens with zero attached hydrogens (tertiary/aromatic N) is 2. The molecule has 2 rings (SSSR count). The van der Waals surface area contributed by atoms with Crippen LogP contribution in [0.1, 0.15) is 13.3 Å². The first-order chi connectivity index (χ1) is 12.6. The predicted octanol–water partition coefficient (Wildman–Crippen LogP) is 0.879. The van der Waals surface area contributed by atoms with E-state index in [0.717, 1.165) is 0 Å². The summed E-state index contributed by atoms with van der Waals surface area (Å²) < 4.78 is 40.4. The van der Waals surface area contributed by atoms with Crippen molar-refractivity contribution in [1.29, 1.82) is 0 Å². The molecular formula is C16H20F3N3O5. The number of halogens is 3. The zero-order chi connectivity index (χ0) is 20.2. The van der Waals surface area contributed by atoms with E-state index in [1.54, 1.807) is 6.92 Å². The number of aliphatic hydroxyl groups is 1. The molecule has 0 spiro atoms. The van der Waals surface area contributed by atoms with Crippen LogP contribution in [-0.4, -0.2) is 65.2 Å². The Morgan fingerprint density at radius 2 is 1.93 bits per heavy atom. The largest absolute Gasteiger partial charge is 0.573 e. The molecule has 0 saturated carbocycles. The number of nitrogens with one attached hydrogen (secondary N) is 1. The topological polar surface area (TPSA) is 102 Å². The van der Waals surface area contributed by atoms with Gasteiger partial charge in [0.25, 0.3) is 5.91 Å². The lowest BCUT2D eigenvalue weighted by molar-refractivity contribution is -0.274. The van der Waals surface area contributed by atoms with Gasteiger partial charge in [-0.2, -0.15) is 0 Å². The summed E-state index contributed by atoms with van der Waals surface area (Å²) >= 11 is 0. The summed E-state index contributed by atoms with van der Waals surface area (Å²) in [6, 6.07) is 5.19. The number of hydrogen-bond donors (Lipinski definition) is 3. The summed E-state index contributed by atoms with van der Waals surface area (Å²) in [5.74, 6) is -1.81. The Kier molecular flexibility index (Phi) is 6.50. The van der Waals surface area contributed by atoms with Gasteiger partial charge in [0.2, 0.25) is 5.91 Å². The highest BCUT2D eigenvalue weighted by molar-refractivity contribution is 5.87. The van der Waals surface area contributed by atoms with Crippen molar-refractivity contribution in [2.24, 2.45) is 0 Å². The van der Waals surface area contributed by atoms with Crippen molar-refractivity contribution in [3.8, 4) is 5.75 Å². The Labute approximate surface area is 153 Å². The fraction of sp³-hybridized carbons (Fsp3) is 0.500. The van der Waals surface area contributed by atoms with E-state index in [9.17, 15) is 27.9 Å². The third kappa shape index (κ3) is 5.73. The third-order valence-corrected chi connectivity index (χ3v) is 4.16. The van der Waals surface area contributed by atoms with Crippen molar-refractivity contribution < 1.29 is 37.8 Å². The van der Waals surface area contributed by atoms with Crippen molar-refractivity contribution in [2.75, 3.05) is 24.5 Å². The molecule has 1 aliphatic heterocycles. The van der Waals surface area contributed by atoms with Crippen LogP contribution in [0.4, 0.5) is 18.9 Å². The van der Waals surface area contributed by atoms with Gasteiger partial charge in [0.1, 0.15) is 11.9 Å². The van der Waals surface area contributed by atoms with Crippen molar-refractivity contribution in [1.82, 2.24) is 10.4 Å². The van der Waals surface area contributed by atoms with E-state index in [4.69, 9.17) is 5.21 Å². The minimum Gasteiger partial charge on any atom is -0.406 e. The molecule has 11 heteroatoms. The highest BCUT2D eigenvalue weighted by Crippen LogP contribution is 2.26. The summed E-state index contributed by atoms with van der Waals surface area (Å²) in [5.41, 5.74) is 1.97. The average molecular weight is 391 g/mol. The van der Waals surface area contributed by atoms with Crippen LogP contribution in [0.3, 0.4) is 0 Å². The van der Waals surface area contributed by atoms with Gasteiger partial charge in [0.05, 0.1) is 6.42 Å². The molecule has 0 bridgehead atoms. The number of anilines is 1. The van der Waals surface area contributed by atoms with Crippen LogP contribution in [0.15, 0.2) is 24.3 Å². The second-order valence-corrected chi connectivity index (χ2v) is 6.12. The molecule has 150 valence electrons. The number of aliphatic hydroxyl groups excluding tert-OH is 1. The summed E-state index contributed by atoms with van der Waals surface area (Å²) in [7, 11) is 0. The van der Waals surface area contributed by atoms with Crippen LogP contribution in [0.25, 0.3) is 0 Å². The molecule has 1 aromatic carbocycles. The lowest BCUT2D eigenvalue weighted by atomic mass is 10.1. The number of piperazine rings is 1. The molecule has 1 fully saturated rings. The first-order valence-electron chi connectivity index (χ1n) is 8.13. The monoisotopic (exact) mass is 391 g/mol. The fourth-order valence-electron chi connectivity index (χ4n) is 2.87. The Morgan fingerprint density at radius 1 is 1.30 bits per heavy atom. The average Bonchev–Trinajstić information content (AvgIpc) is 2.60. The number of hydroxylamine groups is 1. The normalized spacial score (nSPS) is 18.8. The number of rotatable bonds is 5. The maximum atomic E-state index is 12.2. The van der Waals surface area contributed by atoms with Crippen LogP contribution < -0.4 is 15.1 Å². The smallest absolute Gasteiger partial charge is 0.406 e. The van der Waals surface area contributed by atoms with Gasteiger partial charge in [-0.05, 0) is 31.2 Å². The zero-order valence-corrected chi connectivity index (χ0v) is 14.4. The maximum Gasteiger partial charge on any atom is 0.573 e. The molecule has 1 aliphatic rings. The number of amides is 2. The van der Waals surface area contributed by atoms with Crippen molar-refractivity contribution in [3.05, 3.63) is 24.3 Å². The number of carbonyl (C=O) groups is 2. The fourth-order valence-corrected chi connectivity index (χ4v) is 2.87. The van der Waals surface area contributed by atoms with Gasteiger partial charge >= 0.3 is 6.36 Å². The van der Waals surface area contributed by atoms with Gasteiger partial charge in [-0.25, -0.2) is 5.48 Å². The van der Waals surface area contributed by atoms with E-state index in [1.165, 1.54) is 34.6 Å². The summed E-state index contributed by atoms with van der Waals surface area (Å²) in [6.45, 7) is 2.95. The highest BCUT2D eigenvalue weighted by atomic mass is 19.4. The van der Waals surface area contributed by atoms with Gasteiger partial charge in [0, 0.05) is 31.4 Å². The van der Waals surface area contributed by atoms with Crippen molar-refractivity contribution in [3.63, 3.8) is 0 Å². The molecule has 3 N–H and O–H groups in total. The van der Waals surface area contributed by atoms with Crippen LogP contribution in [-0.2, 0) is 9.59 Å². The van der Waals surface area contributed by atoms with Crippen molar-refractivity contribution >= 4 is 17.5 Å². The van der Waals surface area contributed by atoms with E-state index in [2.05, 4.69) is 4.74 Å². The molecule has 1 heterocycles. The molecule has 2 amide bonds. The Bertz CT molecular complexity index is 668. The first-order valence-corrected chi connectivity index (χ1v) is 8.13.